The second-order valence-corrected chi connectivity index (χ2v) is 16.8. The molecule has 0 aromatic carbocycles. The monoisotopic (exact) mass is 868 g/mol. The van der Waals surface area contributed by atoms with E-state index in [1.807, 2.05) is 6.08 Å². The molecule has 0 aliphatic carbocycles. The van der Waals surface area contributed by atoms with Crippen LogP contribution in [0.5, 0.6) is 0 Å². The van der Waals surface area contributed by atoms with Crippen molar-refractivity contribution in [1.82, 2.24) is 5.32 Å². The molecule has 0 aliphatic rings. The van der Waals surface area contributed by atoms with Crippen LogP contribution in [-0.2, 0) is 4.79 Å². The minimum Gasteiger partial charge on any atom is -0.394 e. The molecule has 0 rings (SSSR count). The number of allylic oxidation sites excluding steroid dienone is 21. The Morgan fingerprint density at radius 3 is 1.11 bits per heavy atom. The van der Waals surface area contributed by atoms with Gasteiger partial charge in [-0.05, 0) is 109 Å². The van der Waals surface area contributed by atoms with E-state index >= 15 is 0 Å². The van der Waals surface area contributed by atoms with Crippen LogP contribution in [-0.4, -0.2) is 34.9 Å². The molecule has 1 amide bonds. The summed E-state index contributed by atoms with van der Waals surface area (Å²) in [5.74, 6) is -0.0929. The van der Waals surface area contributed by atoms with Gasteiger partial charge in [-0.2, -0.15) is 0 Å². The van der Waals surface area contributed by atoms with E-state index in [2.05, 4.69) is 141 Å². The Labute approximate surface area is 390 Å². The molecule has 0 saturated carbocycles. The first-order valence-electron chi connectivity index (χ1n) is 25.9. The highest BCUT2D eigenvalue weighted by molar-refractivity contribution is 5.76. The van der Waals surface area contributed by atoms with E-state index in [0.29, 0.717) is 6.42 Å². The third-order valence-corrected chi connectivity index (χ3v) is 10.8. The number of aliphatic hydroxyl groups is 2. The lowest BCUT2D eigenvalue weighted by atomic mass is 10.1. The quantitative estimate of drug-likeness (QED) is 0.0422. The van der Waals surface area contributed by atoms with E-state index in [-0.39, 0.29) is 12.5 Å². The smallest absolute Gasteiger partial charge is 0.220 e. The topological polar surface area (TPSA) is 69.6 Å². The first-order chi connectivity index (χ1) is 31.2. The SMILES string of the molecule is CC/C=C\C/C=C\C/C=C\C/C=C\C/C=C\C/C=C\C/C=C\C/C=C\CCCCCCCCCCC(=O)NC(CO)C(O)/C=C/CC/C=C/CC/C=C/CCCCCCCCCC. The predicted molar refractivity (Wildman–Crippen MR) is 280 cm³/mol. The number of amides is 1. The van der Waals surface area contributed by atoms with E-state index in [4.69, 9.17) is 0 Å². The van der Waals surface area contributed by atoms with Crippen LogP contribution in [0.2, 0.25) is 0 Å². The van der Waals surface area contributed by atoms with Crippen LogP contribution in [0.3, 0.4) is 0 Å². The summed E-state index contributed by atoms with van der Waals surface area (Å²) in [6.07, 6.45) is 82.9. The van der Waals surface area contributed by atoms with Crippen LogP contribution in [0.1, 0.15) is 213 Å². The molecule has 0 radical (unpaired) electrons. The van der Waals surface area contributed by atoms with Gasteiger partial charge in [-0.25, -0.2) is 0 Å². The Balaban J connectivity index is 3.69. The van der Waals surface area contributed by atoms with Gasteiger partial charge >= 0.3 is 0 Å². The molecule has 0 aromatic rings. The lowest BCUT2D eigenvalue weighted by Crippen LogP contribution is -2.45. The molecule has 0 bridgehead atoms. The minimum absolute atomic E-state index is 0.0929. The summed E-state index contributed by atoms with van der Waals surface area (Å²) in [7, 11) is 0. The largest absolute Gasteiger partial charge is 0.394 e. The Morgan fingerprint density at radius 1 is 0.397 bits per heavy atom. The average molecular weight is 868 g/mol. The number of carbonyl (C=O) groups is 1. The standard InChI is InChI=1S/C59H97NO3/c1-3-5-7-9-11-13-15-17-19-21-23-24-25-26-27-28-29-30-31-32-33-34-35-36-37-39-41-43-45-47-49-51-53-55-59(63)60-57(56-61)58(62)54-52-50-48-46-44-42-40-38-22-20-18-16-14-12-10-8-6-4-2/h5,7,11,13,17,19,22-24,26-27,29-30,32-33,35-36,38,44,46,52,54,57-58,61-62H,3-4,6,8-10,12,14-16,18,20-21,25,28,31,34,37,39-43,45,47-51,53,55-56H2,1-2H3,(H,60,63)/b7-5-,13-11-,19-17-,24-23-,27-26-,30-29-,33-32-,36-35-,38-22+,46-44+,54-52+. The summed E-state index contributed by atoms with van der Waals surface area (Å²) in [4.78, 5) is 12.4. The summed E-state index contributed by atoms with van der Waals surface area (Å²) in [6, 6.07) is -0.660. The van der Waals surface area contributed by atoms with E-state index < -0.39 is 12.1 Å². The maximum Gasteiger partial charge on any atom is 0.220 e. The second-order valence-electron chi connectivity index (χ2n) is 16.8. The van der Waals surface area contributed by atoms with E-state index in [1.54, 1.807) is 6.08 Å². The summed E-state index contributed by atoms with van der Waals surface area (Å²) in [5, 5.41) is 23.1. The summed E-state index contributed by atoms with van der Waals surface area (Å²) < 4.78 is 0. The molecule has 63 heavy (non-hydrogen) atoms. The number of aliphatic hydroxyl groups excluding tert-OH is 2. The molecular weight excluding hydrogens is 771 g/mol. The van der Waals surface area contributed by atoms with Crippen molar-refractivity contribution < 1.29 is 15.0 Å². The van der Waals surface area contributed by atoms with Crippen molar-refractivity contribution in [2.75, 3.05) is 6.61 Å². The third-order valence-electron chi connectivity index (χ3n) is 10.8. The van der Waals surface area contributed by atoms with Gasteiger partial charge in [0.2, 0.25) is 5.91 Å². The first-order valence-corrected chi connectivity index (χ1v) is 25.9. The van der Waals surface area contributed by atoms with Gasteiger partial charge in [-0.3, -0.25) is 4.79 Å². The number of hydrogen-bond donors (Lipinski definition) is 3. The van der Waals surface area contributed by atoms with Gasteiger partial charge in [0.1, 0.15) is 0 Å². The zero-order valence-corrected chi connectivity index (χ0v) is 40.8. The predicted octanol–water partition coefficient (Wildman–Crippen LogP) is 17.1. The molecule has 0 fully saturated rings. The fourth-order valence-corrected chi connectivity index (χ4v) is 6.93. The van der Waals surface area contributed by atoms with Gasteiger partial charge in [0, 0.05) is 6.42 Å². The molecule has 0 aliphatic heterocycles. The maximum absolute atomic E-state index is 12.4. The lowest BCUT2D eigenvalue weighted by molar-refractivity contribution is -0.123. The van der Waals surface area contributed by atoms with Crippen LogP contribution in [0.25, 0.3) is 0 Å². The van der Waals surface area contributed by atoms with Gasteiger partial charge in [0.05, 0.1) is 18.8 Å². The highest BCUT2D eigenvalue weighted by Crippen LogP contribution is 2.12. The zero-order chi connectivity index (χ0) is 45.6. The Bertz CT molecular complexity index is 1310. The summed E-state index contributed by atoms with van der Waals surface area (Å²) in [6.45, 7) is 4.16. The van der Waals surface area contributed by atoms with Gasteiger partial charge in [0.25, 0.3) is 0 Å². The molecule has 0 saturated heterocycles. The number of hydrogen-bond acceptors (Lipinski definition) is 3. The molecule has 356 valence electrons. The summed E-state index contributed by atoms with van der Waals surface area (Å²) in [5.41, 5.74) is 0. The Kier molecular flexibility index (Phi) is 50.0. The maximum atomic E-state index is 12.4. The number of nitrogens with one attached hydrogen (secondary N) is 1. The lowest BCUT2D eigenvalue weighted by Gasteiger charge is -2.19. The second kappa shape index (κ2) is 52.9. The van der Waals surface area contributed by atoms with Crippen molar-refractivity contribution >= 4 is 5.91 Å². The van der Waals surface area contributed by atoms with Crippen LogP contribution < -0.4 is 5.32 Å². The molecular formula is C59H97NO3. The molecule has 4 heteroatoms. The highest BCUT2D eigenvalue weighted by Gasteiger charge is 2.17. The van der Waals surface area contributed by atoms with Crippen molar-refractivity contribution in [3.8, 4) is 0 Å². The summed E-state index contributed by atoms with van der Waals surface area (Å²) >= 11 is 0. The van der Waals surface area contributed by atoms with Crippen molar-refractivity contribution in [2.45, 2.75) is 225 Å². The van der Waals surface area contributed by atoms with Crippen LogP contribution in [0.15, 0.2) is 134 Å². The van der Waals surface area contributed by atoms with Gasteiger partial charge in [-0.15, -0.1) is 0 Å². The molecule has 0 heterocycles. The number of rotatable bonds is 45. The molecule has 2 unspecified atom stereocenters. The first kappa shape index (κ1) is 59.5. The zero-order valence-electron chi connectivity index (χ0n) is 40.8. The molecule has 4 nitrogen and oxygen atoms in total. The van der Waals surface area contributed by atoms with E-state index in [1.165, 1.54) is 89.9 Å². The van der Waals surface area contributed by atoms with Crippen LogP contribution in [0.4, 0.5) is 0 Å². The van der Waals surface area contributed by atoms with Crippen LogP contribution in [0, 0.1) is 0 Å². The molecule has 2 atom stereocenters. The Morgan fingerprint density at radius 2 is 0.714 bits per heavy atom. The van der Waals surface area contributed by atoms with Gasteiger partial charge in [-0.1, -0.05) is 231 Å². The molecule has 0 spiro atoms. The fourth-order valence-electron chi connectivity index (χ4n) is 6.93. The van der Waals surface area contributed by atoms with Crippen molar-refractivity contribution in [3.63, 3.8) is 0 Å². The van der Waals surface area contributed by atoms with Crippen LogP contribution >= 0.6 is 0 Å². The van der Waals surface area contributed by atoms with Crippen molar-refractivity contribution in [3.05, 3.63) is 134 Å². The van der Waals surface area contributed by atoms with Crippen molar-refractivity contribution in [1.29, 1.82) is 0 Å². The number of unbranched alkanes of at least 4 members (excludes halogenated alkanes) is 18. The average Bonchev–Trinajstić information content (AvgIpc) is 3.29. The minimum atomic E-state index is -0.883. The molecule has 3 N–H and O–H groups in total. The third kappa shape index (κ3) is 49.4. The normalized spacial score (nSPS) is 14.0. The molecule has 0 aromatic heterocycles. The Hall–Kier alpha value is -3.47. The van der Waals surface area contributed by atoms with Gasteiger partial charge in [0.15, 0.2) is 0 Å². The van der Waals surface area contributed by atoms with Gasteiger partial charge < -0.3 is 15.5 Å². The van der Waals surface area contributed by atoms with Crippen molar-refractivity contribution in [2.24, 2.45) is 0 Å². The van der Waals surface area contributed by atoms with E-state index in [9.17, 15) is 15.0 Å². The number of carbonyl (C=O) groups excluding carboxylic acids is 1. The highest BCUT2D eigenvalue weighted by atomic mass is 16.3. The van der Waals surface area contributed by atoms with E-state index in [0.717, 1.165) is 103 Å². The fraction of sp³-hybridized carbons (Fsp3) is 0.610.